The molecule has 0 bridgehead atoms. The average molecular weight is 474 g/mol. The Morgan fingerprint density at radius 2 is 1.62 bits per heavy atom. The molecule has 0 aliphatic heterocycles. The van der Waals surface area contributed by atoms with Gasteiger partial charge in [0, 0.05) is 24.0 Å². The molecule has 0 atom stereocenters. The lowest BCUT2D eigenvalue weighted by molar-refractivity contribution is -0.125. The van der Waals surface area contributed by atoms with E-state index in [2.05, 4.69) is 21.0 Å². The Morgan fingerprint density at radius 1 is 0.906 bits per heavy atom. The summed E-state index contributed by atoms with van der Waals surface area (Å²) in [5.41, 5.74) is 2.23. The van der Waals surface area contributed by atoms with Crippen LogP contribution in [0.3, 0.4) is 0 Å². The molecule has 0 saturated heterocycles. The number of aromatic nitrogens is 2. The van der Waals surface area contributed by atoms with Crippen LogP contribution < -0.4 is 16.0 Å². The molecule has 1 aromatic heterocycles. The van der Waals surface area contributed by atoms with Gasteiger partial charge in [-0.2, -0.15) is 5.10 Å². The fourth-order valence-corrected chi connectivity index (χ4v) is 3.31. The topological polar surface area (TPSA) is 105 Å². The van der Waals surface area contributed by atoms with Gasteiger partial charge < -0.3 is 16.0 Å². The zero-order valence-corrected chi connectivity index (χ0v) is 18.5. The second-order valence-corrected chi connectivity index (χ2v) is 7.64. The van der Waals surface area contributed by atoms with E-state index in [4.69, 9.17) is 23.2 Å². The van der Waals surface area contributed by atoms with Crippen LogP contribution in [0.15, 0.2) is 60.9 Å². The Kier molecular flexibility index (Phi) is 8.24. The Hall–Kier alpha value is -3.36. The standard InChI is InChI=1S/C22H21Cl2N5O3/c23-16-4-7-18(19(24)12-16)22(32)27-14-21(31)26-13-20(30)25-10-8-15-2-5-17(6-3-15)29-11-1-9-28-29/h1-7,9,11-12H,8,10,13-14H2,(H,25,30)(H,26,31)(H,27,32). The minimum absolute atomic E-state index is 0.186. The maximum atomic E-state index is 12.1. The molecule has 8 nitrogen and oxygen atoms in total. The molecule has 0 aliphatic carbocycles. The Labute approximate surface area is 194 Å². The zero-order valence-electron chi connectivity index (χ0n) is 17.0. The van der Waals surface area contributed by atoms with Crippen LogP contribution in [0.25, 0.3) is 5.69 Å². The summed E-state index contributed by atoms with van der Waals surface area (Å²) in [7, 11) is 0. The summed E-state index contributed by atoms with van der Waals surface area (Å²) in [6, 6.07) is 14.1. The van der Waals surface area contributed by atoms with Crippen LogP contribution in [0.1, 0.15) is 15.9 Å². The predicted octanol–water partition coefficient (Wildman–Crippen LogP) is 2.38. The number of halogens is 2. The van der Waals surface area contributed by atoms with Crippen molar-refractivity contribution < 1.29 is 14.4 Å². The largest absolute Gasteiger partial charge is 0.354 e. The van der Waals surface area contributed by atoms with Crippen molar-refractivity contribution in [2.24, 2.45) is 0 Å². The minimum atomic E-state index is -0.509. The molecule has 3 N–H and O–H groups in total. The Bertz CT molecular complexity index is 1090. The van der Waals surface area contributed by atoms with Crippen molar-refractivity contribution in [3.05, 3.63) is 82.1 Å². The summed E-state index contributed by atoms with van der Waals surface area (Å²) >= 11 is 11.8. The van der Waals surface area contributed by atoms with Gasteiger partial charge in [-0.05, 0) is 48.4 Å². The number of hydrogen-bond acceptors (Lipinski definition) is 4. The van der Waals surface area contributed by atoms with Crippen LogP contribution in [0, 0.1) is 0 Å². The second kappa shape index (κ2) is 11.3. The number of hydrogen-bond donors (Lipinski definition) is 3. The molecule has 3 amide bonds. The van der Waals surface area contributed by atoms with Crippen LogP contribution in [-0.4, -0.2) is 47.1 Å². The van der Waals surface area contributed by atoms with Gasteiger partial charge in [-0.25, -0.2) is 4.68 Å². The van der Waals surface area contributed by atoms with E-state index >= 15 is 0 Å². The van der Waals surface area contributed by atoms with Gasteiger partial charge in [0.15, 0.2) is 0 Å². The first-order valence-electron chi connectivity index (χ1n) is 9.78. The van der Waals surface area contributed by atoms with Crippen LogP contribution >= 0.6 is 23.2 Å². The van der Waals surface area contributed by atoms with Gasteiger partial charge in [0.2, 0.25) is 11.8 Å². The molecule has 0 spiro atoms. The van der Waals surface area contributed by atoms with Crippen molar-refractivity contribution in [3.8, 4) is 5.69 Å². The molecular weight excluding hydrogens is 453 g/mol. The molecule has 3 aromatic rings. The normalized spacial score (nSPS) is 10.4. The highest BCUT2D eigenvalue weighted by Gasteiger charge is 2.12. The van der Waals surface area contributed by atoms with Gasteiger partial charge in [-0.3, -0.25) is 14.4 Å². The molecule has 0 fully saturated rings. The summed E-state index contributed by atoms with van der Waals surface area (Å²) in [6.07, 6.45) is 4.23. The third kappa shape index (κ3) is 6.83. The summed E-state index contributed by atoms with van der Waals surface area (Å²) in [6.45, 7) is -0.0378. The van der Waals surface area contributed by atoms with Crippen molar-refractivity contribution in [3.63, 3.8) is 0 Å². The summed E-state index contributed by atoms with van der Waals surface area (Å²) in [4.78, 5) is 35.9. The fourth-order valence-electron chi connectivity index (χ4n) is 2.82. The van der Waals surface area contributed by atoms with Crippen LogP contribution in [-0.2, 0) is 16.0 Å². The monoisotopic (exact) mass is 473 g/mol. The van der Waals surface area contributed by atoms with E-state index in [1.54, 1.807) is 10.9 Å². The first-order chi connectivity index (χ1) is 15.4. The first-order valence-corrected chi connectivity index (χ1v) is 10.5. The smallest absolute Gasteiger partial charge is 0.253 e. The van der Waals surface area contributed by atoms with Crippen molar-refractivity contribution in [1.29, 1.82) is 0 Å². The highest BCUT2D eigenvalue weighted by atomic mass is 35.5. The highest BCUT2D eigenvalue weighted by Crippen LogP contribution is 2.20. The number of carbonyl (C=O) groups is 3. The first kappa shape index (κ1) is 23.3. The van der Waals surface area contributed by atoms with Gasteiger partial charge in [0.05, 0.1) is 29.4 Å². The zero-order chi connectivity index (χ0) is 22.9. The van der Waals surface area contributed by atoms with Crippen LogP contribution in [0.2, 0.25) is 10.0 Å². The summed E-state index contributed by atoms with van der Waals surface area (Å²) in [5, 5.41) is 12.4. The quantitative estimate of drug-likeness (QED) is 0.443. The molecule has 0 aliphatic rings. The van der Waals surface area contributed by atoms with Crippen LogP contribution in [0.4, 0.5) is 0 Å². The number of nitrogens with zero attached hydrogens (tertiary/aromatic N) is 2. The molecule has 0 unspecified atom stereocenters. The van der Waals surface area contributed by atoms with E-state index in [1.807, 2.05) is 36.5 Å². The second-order valence-electron chi connectivity index (χ2n) is 6.80. The maximum absolute atomic E-state index is 12.1. The maximum Gasteiger partial charge on any atom is 0.253 e. The third-order valence-electron chi connectivity index (χ3n) is 4.47. The molecule has 166 valence electrons. The Balaban J connectivity index is 1.33. The molecule has 32 heavy (non-hydrogen) atoms. The van der Waals surface area contributed by atoms with Crippen LogP contribution in [0.5, 0.6) is 0 Å². The lowest BCUT2D eigenvalue weighted by Crippen LogP contribution is -2.42. The van der Waals surface area contributed by atoms with E-state index < -0.39 is 11.8 Å². The molecular formula is C22H21Cl2N5O3. The van der Waals surface area contributed by atoms with E-state index in [9.17, 15) is 14.4 Å². The molecule has 10 heteroatoms. The van der Waals surface area contributed by atoms with E-state index in [0.29, 0.717) is 18.0 Å². The van der Waals surface area contributed by atoms with Crippen molar-refractivity contribution in [2.75, 3.05) is 19.6 Å². The van der Waals surface area contributed by atoms with Crippen molar-refractivity contribution >= 4 is 40.9 Å². The molecule has 0 saturated carbocycles. The van der Waals surface area contributed by atoms with E-state index in [0.717, 1.165) is 11.3 Å². The Morgan fingerprint density at radius 3 is 2.31 bits per heavy atom. The van der Waals surface area contributed by atoms with Gasteiger partial charge >= 0.3 is 0 Å². The number of nitrogens with one attached hydrogen (secondary N) is 3. The summed E-state index contributed by atoms with van der Waals surface area (Å²) < 4.78 is 1.76. The molecule has 2 aromatic carbocycles. The third-order valence-corrected chi connectivity index (χ3v) is 5.02. The number of amides is 3. The fraction of sp³-hybridized carbons (Fsp3) is 0.182. The number of benzene rings is 2. The minimum Gasteiger partial charge on any atom is -0.354 e. The summed E-state index contributed by atoms with van der Waals surface area (Å²) in [5.74, 6) is -1.32. The van der Waals surface area contributed by atoms with Gasteiger partial charge in [0.1, 0.15) is 0 Å². The lowest BCUT2D eigenvalue weighted by atomic mass is 10.1. The lowest BCUT2D eigenvalue weighted by Gasteiger charge is -2.09. The number of carbonyl (C=O) groups excluding carboxylic acids is 3. The number of rotatable bonds is 9. The van der Waals surface area contributed by atoms with E-state index in [1.165, 1.54) is 18.2 Å². The van der Waals surface area contributed by atoms with Crippen molar-refractivity contribution in [1.82, 2.24) is 25.7 Å². The van der Waals surface area contributed by atoms with E-state index in [-0.39, 0.29) is 29.6 Å². The SMILES string of the molecule is O=C(CNC(=O)CNC(=O)c1ccc(Cl)cc1Cl)NCCc1ccc(-n2cccn2)cc1. The average Bonchev–Trinajstić information content (AvgIpc) is 3.31. The highest BCUT2D eigenvalue weighted by molar-refractivity contribution is 6.36. The van der Waals surface area contributed by atoms with Gasteiger partial charge in [0.25, 0.3) is 5.91 Å². The molecule has 0 radical (unpaired) electrons. The van der Waals surface area contributed by atoms with Crippen molar-refractivity contribution in [2.45, 2.75) is 6.42 Å². The predicted molar refractivity (Wildman–Crippen MR) is 122 cm³/mol. The van der Waals surface area contributed by atoms with Gasteiger partial charge in [-0.15, -0.1) is 0 Å². The molecule has 3 rings (SSSR count). The molecule has 1 heterocycles. The van der Waals surface area contributed by atoms with Gasteiger partial charge in [-0.1, -0.05) is 35.3 Å².